The van der Waals surface area contributed by atoms with Gasteiger partial charge in [0.25, 0.3) is 0 Å². The quantitative estimate of drug-likeness (QED) is 0.284. The Balaban J connectivity index is 0. The zero-order chi connectivity index (χ0) is 3.58. The largest absolute Gasteiger partial charge is 4.00 e. The Bertz CT molecular complexity index is 29.9. The minimum Gasteiger partial charge on any atom is -0.356 e. The predicted octanol–water partition coefficient (Wildman–Crippen LogP) is -0.620. The molecule has 0 aliphatic carbocycles. The summed E-state index contributed by atoms with van der Waals surface area (Å²) in [4.78, 5) is 8.25. The van der Waals surface area contributed by atoms with Crippen LogP contribution >= 0.6 is 0 Å². The third-order valence-corrected chi connectivity index (χ3v) is 0. The van der Waals surface area contributed by atoms with Gasteiger partial charge in [-0.25, -0.2) is 0 Å². The van der Waals surface area contributed by atoms with Crippen LogP contribution in [0.2, 0.25) is 0 Å². The van der Waals surface area contributed by atoms with Crippen LogP contribution in [0.4, 0.5) is 0 Å². The van der Waals surface area contributed by atoms with Crippen molar-refractivity contribution in [2.75, 3.05) is 0 Å². The number of hydrogen-bond donors (Lipinski definition) is 0. The smallest absolute Gasteiger partial charge is 0.356 e. The van der Waals surface area contributed by atoms with E-state index in [9.17, 15) is 0 Å². The van der Waals surface area contributed by atoms with E-state index in [-0.39, 0.29) is 23.9 Å². The molecular formula is NO3Sn+3. The molecule has 0 amide bonds. The summed E-state index contributed by atoms with van der Waals surface area (Å²) >= 11 is 0. The van der Waals surface area contributed by atoms with Crippen molar-refractivity contribution < 1.29 is 5.09 Å². The molecule has 0 aromatic heterocycles. The Morgan fingerprint density at radius 2 is 1.40 bits per heavy atom. The van der Waals surface area contributed by atoms with Crippen molar-refractivity contribution in [1.29, 1.82) is 0 Å². The van der Waals surface area contributed by atoms with Crippen LogP contribution in [0.25, 0.3) is 0 Å². The minimum absolute atomic E-state index is 0. The van der Waals surface area contributed by atoms with Gasteiger partial charge in [-0.2, -0.15) is 0 Å². The van der Waals surface area contributed by atoms with Crippen molar-refractivity contribution in [2.45, 2.75) is 0 Å². The summed E-state index contributed by atoms with van der Waals surface area (Å²) in [6.45, 7) is 0. The molecule has 5 heavy (non-hydrogen) atoms. The molecular weight excluding hydrogens is 181 g/mol. The molecule has 0 atom stereocenters. The molecule has 0 heterocycles. The summed E-state index contributed by atoms with van der Waals surface area (Å²) in [5, 5.41) is 14.8. The molecule has 0 spiro atoms. The van der Waals surface area contributed by atoms with Crippen LogP contribution in [0.5, 0.6) is 0 Å². The maximum absolute atomic E-state index is 8.25. The summed E-state index contributed by atoms with van der Waals surface area (Å²) in [5.41, 5.74) is 0. The molecule has 0 radical (unpaired) electrons. The predicted molar refractivity (Wildman–Crippen MR) is 16.1 cm³/mol. The molecule has 0 rings (SSSR count). The molecule has 0 aromatic carbocycles. The van der Waals surface area contributed by atoms with E-state index in [0.717, 1.165) is 0 Å². The topological polar surface area (TPSA) is 66.2 Å². The Hall–Kier alpha value is -0.00130. The van der Waals surface area contributed by atoms with E-state index in [2.05, 4.69) is 0 Å². The maximum Gasteiger partial charge on any atom is 4.00 e. The van der Waals surface area contributed by atoms with Gasteiger partial charge in [-0.3, -0.25) is 0 Å². The monoisotopic (exact) mass is 182 g/mol. The zero-order valence-corrected chi connectivity index (χ0v) is 5.03. The van der Waals surface area contributed by atoms with Gasteiger partial charge in [-0.1, -0.05) is 0 Å². The van der Waals surface area contributed by atoms with Gasteiger partial charge in [0.2, 0.25) is 0 Å². The fraction of sp³-hybridized carbons (Fsp3) is 0. The van der Waals surface area contributed by atoms with Crippen LogP contribution in [0, 0.1) is 15.3 Å². The Kier molecular flexibility index (Phi) is 7.11. The molecule has 0 aromatic rings. The summed E-state index contributed by atoms with van der Waals surface area (Å²) in [6, 6.07) is 0. The van der Waals surface area contributed by atoms with Gasteiger partial charge in [0.05, 0.1) is 5.09 Å². The van der Waals surface area contributed by atoms with Gasteiger partial charge in [-0.15, -0.1) is 0 Å². The molecule has 0 bridgehead atoms. The van der Waals surface area contributed by atoms with E-state index >= 15 is 0 Å². The summed E-state index contributed by atoms with van der Waals surface area (Å²) in [6.07, 6.45) is 0. The summed E-state index contributed by atoms with van der Waals surface area (Å²) in [7, 11) is 0. The van der Waals surface area contributed by atoms with Gasteiger partial charge in [0, 0.05) is 0 Å². The van der Waals surface area contributed by atoms with Crippen molar-refractivity contribution in [1.82, 2.24) is 0 Å². The number of rotatable bonds is 0. The van der Waals surface area contributed by atoms with Crippen molar-refractivity contribution in [3.8, 4) is 0 Å². The molecule has 0 saturated heterocycles. The first-order valence-corrected chi connectivity index (χ1v) is 0.548. The molecule has 0 aliphatic heterocycles. The molecule has 0 aliphatic rings. The van der Waals surface area contributed by atoms with Crippen LogP contribution in [-0.2, 0) is 0 Å². The van der Waals surface area contributed by atoms with Crippen LogP contribution in [-0.4, -0.2) is 29.0 Å². The Morgan fingerprint density at radius 3 is 1.40 bits per heavy atom. The van der Waals surface area contributed by atoms with Gasteiger partial charge in [-0.05, 0) is 0 Å². The van der Waals surface area contributed by atoms with E-state index in [1.807, 2.05) is 0 Å². The van der Waals surface area contributed by atoms with Crippen LogP contribution in [0.3, 0.4) is 0 Å². The fourth-order valence-corrected chi connectivity index (χ4v) is 0. The van der Waals surface area contributed by atoms with Gasteiger partial charge in [0.1, 0.15) is 0 Å². The average Bonchev–Trinajstić information content (AvgIpc) is 0.811. The standard InChI is InChI=1S/NO3.Sn/c2-1(3)4;/q-1;+4. The third kappa shape index (κ3) is 9470000. The van der Waals surface area contributed by atoms with Gasteiger partial charge >= 0.3 is 23.9 Å². The first-order valence-electron chi connectivity index (χ1n) is 0.548. The summed E-state index contributed by atoms with van der Waals surface area (Å²) in [5.74, 6) is 0. The average molecular weight is 181 g/mol. The third-order valence-electron chi connectivity index (χ3n) is 0. The Labute approximate surface area is 44.9 Å². The molecule has 0 unspecified atom stereocenters. The second-order valence-corrected chi connectivity index (χ2v) is 0.224. The van der Waals surface area contributed by atoms with E-state index in [0.29, 0.717) is 0 Å². The molecule has 24 valence electrons. The van der Waals surface area contributed by atoms with Gasteiger partial charge in [0.15, 0.2) is 0 Å². The van der Waals surface area contributed by atoms with Crippen molar-refractivity contribution >= 4 is 23.9 Å². The minimum atomic E-state index is -1.75. The van der Waals surface area contributed by atoms with Crippen molar-refractivity contribution in [3.63, 3.8) is 0 Å². The molecule has 0 fully saturated rings. The van der Waals surface area contributed by atoms with E-state index in [1.165, 1.54) is 0 Å². The Morgan fingerprint density at radius 1 is 1.40 bits per heavy atom. The molecule has 0 saturated carbocycles. The number of nitrogens with zero attached hydrogens (tertiary/aromatic N) is 1. The first-order chi connectivity index (χ1) is 1.73. The normalized spacial score (nSPS) is 4.80. The molecule has 5 heteroatoms. The first kappa shape index (κ1) is 8.89. The summed E-state index contributed by atoms with van der Waals surface area (Å²) < 4.78 is 0. The van der Waals surface area contributed by atoms with Crippen molar-refractivity contribution in [3.05, 3.63) is 15.3 Å². The zero-order valence-electron chi connectivity index (χ0n) is 2.17. The van der Waals surface area contributed by atoms with Crippen molar-refractivity contribution in [2.24, 2.45) is 0 Å². The molecule has 0 N–H and O–H groups in total. The van der Waals surface area contributed by atoms with Crippen LogP contribution in [0.1, 0.15) is 0 Å². The maximum atomic E-state index is 8.25. The second-order valence-electron chi connectivity index (χ2n) is 0.224. The van der Waals surface area contributed by atoms with Crippen LogP contribution < -0.4 is 0 Å². The van der Waals surface area contributed by atoms with Crippen LogP contribution in [0.15, 0.2) is 0 Å². The SMILES string of the molecule is O=[N+]([O-])[O-].[Sn+4]. The van der Waals surface area contributed by atoms with Gasteiger partial charge < -0.3 is 15.3 Å². The van der Waals surface area contributed by atoms with E-state index < -0.39 is 5.09 Å². The fourth-order valence-electron chi connectivity index (χ4n) is 0. The van der Waals surface area contributed by atoms with E-state index in [4.69, 9.17) is 15.3 Å². The number of hydrogen-bond acceptors (Lipinski definition) is 3. The second kappa shape index (κ2) is 4.00. The molecule has 4 nitrogen and oxygen atoms in total. The van der Waals surface area contributed by atoms with E-state index in [1.54, 1.807) is 0 Å².